The number of nitrogens with zero attached hydrogens (tertiary/aromatic N) is 3. The van der Waals surface area contributed by atoms with Crippen LogP contribution in [0.1, 0.15) is 47.8 Å². The van der Waals surface area contributed by atoms with E-state index in [1.165, 1.54) is 0 Å². The predicted octanol–water partition coefficient (Wildman–Crippen LogP) is 3.28. The molecule has 0 spiro atoms. The van der Waals surface area contributed by atoms with Gasteiger partial charge in [-0.1, -0.05) is 12.1 Å². The lowest BCUT2D eigenvalue weighted by molar-refractivity contribution is -0.132. The lowest BCUT2D eigenvalue weighted by Gasteiger charge is -2.32. The van der Waals surface area contributed by atoms with Crippen molar-refractivity contribution in [1.29, 1.82) is 0 Å². The molecule has 0 unspecified atom stereocenters. The third kappa shape index (κ3) is 5.07. The summed E-state index contributed by atoms with van der Waals surface area (Å²) in [5.41, 5.74) is 3.26. The van der Waals surface area contributed by atoms with E-state index in [4.69, 9.17) is 9.47 Å². The van der Waals surface area contributed by atoms with Gasteiger partial charge in [0, 0.05) is 44.3 Å². The fourth-order valence-electron chi connectivity index (χ4n) is 3.77. The molecule has 3 rings (SSSR count). The smallest absolute Gasteiger partial charge is 0.222 e. The number of methoxy groups -OCH3 is 2. The Morgan fingerprint density at radius 1 is 1.25 bits per heavy atom. The van der Waals surface area contributed by atoms with E-state index in [2.05, 4.69) is 9.97 Å². The fraction of sp³-hybridized carbons (Fsp3) is 0.500. The number of rotatable bonds is 7. The molecule has 0 N–H and O–H groups in total. The van der Waals surface area contributed by atoms with Gasteiger partial charge in [0.05, 0.1) is 19.4 Å². The van der Waals surface area contributed by atoms with Crippen LogP contribution in [0.3, 0.4) is 0 Å². The number of piperidine rings is 1. The van der Waals surface area contributed by atoms with Crippen molar-refractivity contribution in [2.45, 2.75) is 45.1 Å². The number of benzene rings is 1. The van der Waals surface area contributed by atoms with E-state index in [-0.39, 0.29) is 5.91 Å². The summed E-state index contributed by atoms with van der Waals surface area (Å²) >= 11 is 0. The molecule has 6 nitrogen and oxygen atoms in total. The Hall–Kier alpha value is -2.47. The molecule has 1 aliphatic rings. The van der Waals surface area contributed by atoms with Crippen molar-refractivity contribution < 1.29 is 14.3 Å². The summed E-state index contributed by atoms with van der Waals surface area (Å²) in [7, 11) is 3.35. The van der Waals surface area contributed by atoms with Crippen molar-refractivity contribution >= 4 is 5.91 Å². The van der Waals surface area contributed by atoms with Crippen LogP contribution in [0.5, 0.6) is 5.75 Å². The lowest BCUT2D eigenvalue weighted by atomic mass is 9.90. The number of hydrogen-bond acceptors (Lipinski definition) is 5. The van der Waals surface area contributed by atoms with Crippen molar-refractivity contribution in [3.8, 4) is 5.75 Å². The van der Waals surface area contributed by atoms with Gasteiger partial charge in [0.25, 0.3) is 0 Å². The normalized spacial score (nSPS) is 14.9. The second-order valence-corrected chi connectivity index (χ2v) is 7.27. The van der Waals surface area contributed by atoms with Gasteiger partial charge in [0.2, 0.25) is 5.91 Å². The Bertz CT molecular complexity index is 801. The van der Waals surface area contributed by atoms with Crippen LogP contribution in [-0.4, -0.2) is 48.1 Å². The van der Waals surface area contributed by atoms with Crippen LogP contribution in [0.2, 0.25) is 0 Å². The van der Waals surface area contributed by atoms with E-state index in [1.54, 1.807) is 14.2 Å². The molecular formula is C22H29N3O3. The van der Waals surface area contributed by atoms with Crippen molar-refractivity contribution in [3.05, 3.63) is 53.1 Å². The molecule has 1 fully saturated rings. The van der Waals surface area contributed by atoms with E-state index in [0.717, 1.165) is 60.7 Å². The van der Waals surface area contributed by atoms with Crippen molar-refractivity contribution in [2.75, 3.05) is 27.3 Å². The maximum absolute atomic E-state index is 12.6. The molecule has 0 saturated carbocycles. The zero-order valence-corrected chi connectivity index (χ0v) is 17.0. The molecule has 2 aromatic rings. The lowest BCUT2D eigenvalue weighted by Crippen LogP contribution is -2.38. The second-order valence-electron chi connectivity index (χ2n) is 7.27. The molecule has 1 saturated heterocycles. The molecule has 6 heteroatoms. The molecule has 150 valence electrons. The van der Waals surface area contributed by atoms with Crippen molar-refractivity contribution in [3.63, 3.8) is 0 Å². The summed E-state index contributed by atoms with van der Waals surface area (Å²) in [4.78, 5) is 23.6. The second kappa shape index (κ2) is 9.64. The minimum Gasteiger partial charge on any atom is -0.497 e. The number of likely N-dealkylation sites (tertiary alicyclic amines) is 1. The maximum Gasteiger partial charge on any atom is 0.222 e. The van der Waals surface area contributed by atoms with Gasteiger partial charge in [-0.2, -0.15) is 0 Å². The quantitative estimate of drug-likeness (QED) is 0.734. The SMILES string of the molecule is COCc1cnc(C)nc1C1CCN(C(=O)CCc2cccc(OC)c2)CC1. The van der Waals surface area contributed by atoms with Crippen LogP contribution in [0.25, 0.3) is 0 Å². The van der Waals surface area contributed by atoms with Gasteiger partial charge in [0.1, 0.15) is 11.6 Å². The topological polar surface area (TPSA) is 64.6 Å². The first-order chi connectivity index (χ1) is 13.6. The Labute approximate surface area is 166 Å². The van der Waals surface area contributed by atoms with E-state index in [1.807, 2.05) is 42.3 Å². The molecule has 1 amide bonds. The molecular weight excluding hydrogens is 354 g/mol. The highest BCUT2D eigenvalue weighted by Crippen LogP contribution is 2.29. The molecule has 0 aliphatic carbocycles. The average molecular weight is 383 g/mol. The zero-order valence-electron chi connectivity index (χ0n) is 17.0. The molecule has 0 bridgehead atoms. The number of aryl methyl sites for hydroxylation is 2. The van der Waals surface area contributed by atoms with Gasteiger partial charge < -0.3 is 14.4 Å². The van der Waals surface area contributed by atoms with Gasteiger partial charge in [-0.25, -0.2) is 9.97 Å². The molecule has 1 aliphatic heterocycles. The minimum atomic E-state index is 0.220. The van der Waals surface area contributed by atoms with E-state index >= 15 is 0 Å². The first kappa shape index (κ1) is 20.3. The predicted molar refractivity (Wildman–Crippen MR) is 107 cm³/mol. The zero-order chi connectivity index (χ0) is 19.9. The van der Waals surface area contributed by atoms with Gasteiger partial charge in [-0.05, 0) is 43.9 Å². The van der Waals surface area contributed by atoms with Crippen LogP contribution >= 0.6 is 0 Å². The molecule has 1 aromatic heterocycles. The first-order valence-electron chi connectivity index (χ1n) is 9.82. The third-order valence-corrected chi connectivity index (χ3v) is 5.31. The van der Waals surface area contributed by atoms with Crippen LogP contribution < -0.4 is 4.74 Å². The van der Waals surface area contributed by atoms with Crippen molar-refractivity contribution in [1.82, 2.24) is 14.9 Å². The molecule has 0 atom stereocenters. The Kier molecular flexibility index (Phi) is 6.98. The van der Waals surface area contributed by atoms with E-state index in [0.29, 0.717) is 18.9 Å². The largest absolute Gasteiger partial charge is 0.497 e. The summed E-state index contributed by atoms with van der Waals surface area (Å²) in [5.74, 6) is 2.19. The highest BCUT2D eigenvalue weighted by atomic mass is 16.5. The van der Waals surface area contributed by atoms with Crippen LogP contribution in [0.15, 0.2) is 30.5 Å². The number of amides is 1. The Balaban J connectivity index is 1.55. The summed E-state index contributed by atoms with van der Waals surface area (Å²) in [6.45, 7) is 3.99. The Morgan fingerprint density at radius 3 is 2.75 bits per heavy atom. The minimum absolute atomic E-state index is 0.220. The van der Waals surface area contributed by atoms with Gasteiger partial charge in [-0.15, -0.1) is 0 Å². The maximum atomic E-state index is 12.6. The summed E-state index contributed by atoms with van der Waals surface area (Å²) < 4.78 is 10.5. The van der Waals surface area contributed by atoms with Gasteiger partial charge in [0.15, 0.2) is 0 Å². The fourth-order valence-corrected chi connectivity index (χ4v) is 3.77. The molecule has 0 radical (unpaired) electrons. The third-order valence-electron chi connectivity index (χ3n) is 5.31. The number of hydrogen-bond donors (Lipinski definition) is 0. The molecule has 28 heavy (non-hydrogen) atoms. The van der Waals surface area contributed by atoms with Crippen LogP contribution in [0.4, 0.5) is 0 Å². The number of carbonyl (C=O) groups is 1. The number of ether oxygens (including phenoxy) is 2. The highest BCUT2D eigenvalue weighted by molar-refractivity contribution is 5.76. The molecule has 2 heterocycles. The molecule has 1 aromatic carbocycles. The summed E-state index contributed by atoms with van der Waals surface area (Å²) in [6.07, 6.45) is 4.99. The number of carbonyl (C=O) groups excluding carboxylic acids is 1. The van der Waals surface area contributed by atoms with E-state index < -0.39 is 0 Å². The van der Waals surface area contributed by atoms with Gasteiger partial charge in [-0.3, -0.25) is 4.79 Å². The van der Waals surface area contributed by atoms with Crippen LogP contribution in [-0.2, 0) is 22.6 Å². The monoisotopic (exact) mass is 383 g/mol. The number of aromatic nitrogens is 2. The highest BCUT2D eigenvalue weighted by Gasteiger charge is 2.26. The average Bonchev–Trinajstić information content (AvgIpc) is 2.73. The van der Waals surface area contributed by atoms with Crippen LogP contribution in [0, 0.1) is 6.92 Å². The first-order valence-corrected chi connectivity index (χ1v) is 9.82. The van der Waals surface area contributed by atoms with E-state index in [9.17, 15) is 4.79 Å². The van der Waals surface area contributed by atoms with Gasteiger partial charge >= 0.3 is 0 Å². The Morgan fingerprint density at radius 2 is 2.04 bits per heavy atom. The summed E-state index contributed by atoms with van der Waals surface area (Å²) in [5, 5.41) is 0. The standard InChI is InChI=1S/C22H29N3O3/c1-16-23-14-19(15-27-2)22(24-16)18-9-11-25(12-10-18)21(26)8-7-17-5-4-6-20(13-17)28-3/h4-6,13-14,18H,7-12,15H2,1-3H3. The summed E-state index contributed by atoms with van der Waals surface area (Å²) in [6, 6.07) is 7.92. The van der Waals surface area contributed by atoms with Crippen molar-refractivity contribution in [2.24, 2.45) is 0 Å².